The monoisotopic (exact) mass is 391 g/mol. The number of hydrogen-bond donors (Lipinski definition) is 1. The average Bonchev–Trinajstić information content (AvgIpc) is 2.75. The first-order valence-corrected chi connectivity index (χ1v) is 10.2. The molecule has 1 amide bonds. The van der Waals surface area contributed by atoms with Gasteiger partial charge in [0.1, 0.15) is 11.5 Å². The van der Waals surface area contributed by atoms with Crippen molar-refractivity contribution in [3.63, 3.8) is 0 Å². The van der Waals surface area contributed by atoms with Crippen molar-refractivity contribution in [2.45, 2.75) is 19.4 Å². The van der Waals surface area contributed by atoms with Crippen LogP contribution in [0.3, 0.4) is 0 Å². The minimum Gasteiger partial charge on any atom is -0.497 e. The molecule has 0 aromatic heterocycles. The minimum absolute atomic E-state index is 0.124. The standard InChI is InChI=1S/C21H33N3O4/c1-26-19-4-3-18(20(15-19)27-2)16-24-8-5-17(6-9-24)21(25)22-7-10-23-11-13-28-14-12-23/h3-4,15,17H,5-14,16H2,1-2H3,(H,22,25). The first kappa shape index (κ1) is 20.9. The number of carbonyl (C=O) groups excluding carboxylic acids is 1. The normalized spacial score (nSPS) is 19.4. The molecular formula is C21H33N3O4. The van der Waals surface area contributed by atoms with Gasteiger partial charge in [-0.05, 0) is 32.0 Å². The van der Waals surface area contributed by atoms with Crippen LogP contribution >= 0.6 is 0 Å². The predicted molar refractivity (Wildman–Crippen MR) is 108 cm³/mol. The first-order valence-electron chi connectivity index (χ1n) is 10.2. The zero-order valence-corrected chi connectivity index (χ0v) is 17.1. The minimum atomic E-state index is 0.124. The van der Waals surface area contributed by atoms with Gasteiger partial charge in [-0.3, -0.25) is 14.6 Å². The van der Waals surface area contributed by atoms with Gasteiger partial charge in [0.05, 0.1) is 27.4 Å². The molecule has 1 aromatic rings. The molecule has 28 heavy (non-hydrogen) atoms. The van der Waals surface area contributed by atoms with Crippen LogP contribution in [0, 0.1) is 5.92 Å². The van der Waals surface area contributed by atoms with Crippen LogP contribution in [0.5, 0.6) is 11.5 Å². The van der Waals surface area contributed by atoms with Crippen LogP contribution in [-0.4, -0.2) is 82.4 Å². The van der Waals surface area contributed by atoms with Crippen LogP contribution in [-0.2, 0) is 16.1 Å². The SMILES string of the molecule is COc1ccc(CN2CCC(C(=O)NCCN3CCOCC3)CC2)c(OC)c1. The van der Waals surface area contributed by atoms with Crippen LogP contribution < -0.4 is 14.8 Å². The molecule has 7 heteroatoms. The molecule has 2 aliphatic rings. The van der Waals surface area contributed by atoms with E-state index >= 15 is 0 Å². The van der Waals surface area contributed by atoms with Gasteiger partial charge in [0, 0.05) is 50.3 Å². The summed E-state index contributed by atoms with van der Waals surface area (Å²) in [7, 11) is 3.34. The van der Waals surface area contributed by atoms with E-state index in [2.05, 4.69) is 21.2 Å². The Hall–Kier alpha value is -1.83. The van der Waals surface area contributed by atoms with Gasteiger partial charge in [0.15, 0.2) is 0 Å². The summed E-state index contributed by atoms with van der Waals surface area (Å²) in [5.74, 6) is 1.98. The van der Waals surface area contributed by atoms with Crippen molar-refractivity contribution in [3.05, 3.63) is 23.8 Å². The Morgan fingerprint density at radius 2 is 1.86 bits per heavy atom. The highest BCUT2D eigenvalue weighted by molar-refractivity contribution is 5.78. The number of morpholine rings is 1. The lowest BCUT2D eigenvalue weighted by Crippen LogP contribution is -2.44. The third-order valence-corrected chi connectivity index (χ3v) is 5.68. The highest BCUT2D eigenvalue weighted by Gasteiger charge is 2.25. The number of rotatable bonds is 8. The summed E-state index contributed by atoms with van der Waals surface area (Å²) in [5.41, 5.74) is 1.15. The average molecular weight is 392 g/mol. The molecule has 3 rings (SSSR count). The van der Waals surface area contributed by atoms with E-state index in [1.165, 1.54) is 0 Å². The van der Waals surface area contributed by atoms with Gasteiger partial charge < -0.3 is 19.5 Å². The van der Waals surface area contributed by atoms with Crippen molar-refractivity contribution in [2.75, 3.05) is 66.7 Å². The lowest BCUT2D eigenvalue weighted by Gasteiger charge is -2.32. The van der Waals surface area contributed by atoms with E-state index < -0.39 is 0 Å². The largest absolute Gasteiger partial charge is 0.497 e. The van der Waals surface area contributed by atoms with Crippen molar-refractivity contribution in [2.24, 2.45) is 5.92 Å². The number of nitrogens with zero attached hydrogens (tertiary/aromatic N) is 2. The number of carbonyl (C=O) groups is 1. The van der Waals surface area contributed by atoms with Crippen molar-refractivity contribution in [1.82, 2.24) is 15.1 Å². The van der Waals surface area contributed by atoms with Gasteiger partial charge in [-0.1, -0.05) is 6.07 Å². The van der Waals surface area contributed by atoms with E-state index in [1.54, 1.807) is 14.2 Å². The van der Waals surface area contributed by atoms with Gasteiger partial charge >= 0.3 is 0 Å². The van der Waals surface area contributed by atoms with Crippen molar-refractivity contribution >= 4 is 5.91 Å². The Bertz CT molecular complexity index is 626. The highest BCUT2D eigenvalue weighted by atomic mass is 16.5. The van der Waals surface area contributed by atoms with Crippen LogP contribution in [0.2, 0.25) is 0 Å². The number of likely N-dealkylation sites (tertiary alicyclic amines) is 1. The van der Waals surface area contributed by atoms with Crippen molar-refractivity contribution in [1.29, 1.82) is 0 Å². The Kier molecular flexibility index (Phi) is 7.94. The Morgan fingerprint density at radius 3 is 2.54 bits per heavy atom. The number of nitrogens with one attached hydrogen (secondary N) is 1. The fourth-order valence-corrected chi connectivity index (χ4v) is 3.88. The lowest BCUT2D eigenvalue weighted by molar-refractivity contribution is -0.126. The summed E-state index contributed by atoms with van der Waals surface area (Å²) in [5, 5.41) is 3.12. The Morgan fingerprint density at radius 1 is 1.11 bits per heavy atom. The fourth-order valence-electron chi connectivity index (χ4n) is 3.88. The summed E-state index contributed by atoms with van der Waals surface area (Å²) in [6.07, 6.45) is 1.81. The number of methoxy groups -OCH3 is 2. The molecule has 2 aliphatic heterocycles. The van der Waals surface area contributed by atoms with Crippen LogP contribution in [0.1, 0.15) is 18.4 Å². The summed E-state index contributed by atoms with van der Waals surface area (Å²) in [6, 6.07) is 5.94. The molecule has 1 N–H and O–H groups in total. The lowest BCUT2D eigenvalue weighted by atomic mass is 9.95. The van der Waals surface area contributed by atoms with Gasteiger partial charge in [-0.25, -0.2) is 0 Å². The van der Waals surface area contributed by atoms with E-state index in [1.807, 2.05) is 12.1 Å². The summed E-state index contributed by atoms with van der Waals surface area (Å²) in [4.78, 5) is 17.2. The van der Waals surface area contributed by atoms with Crippen LogP contribution in [0.4, 0.5) is 0 Å². The molecule has 156 valence electrons. The molecule has 0 radical (unpaired) electrons. The maximum absolute atomic E-state index is 12.5. The second-order valence-electron chi connectivity index (χ2n) is 7.47. The van der Waals surface area contributed by atoms with E-state index in [0.717, 1.165) is 88.9 Å². The summed E-state index contributed by atoms with van der Waals surface area (Å²) in [6.45, 7) is 7.84. The zero-order chi connectivity index (χ0) is 19.8. The second-order valence-corrected chi connectivity index (χ2v) is 7.47. The fraction of sp³-hybridized carbons (Fsp3) is 0.667. The van der Waals surface area contributed by atoms with Gasteiger partial charge in [-0.15, -0.1) is 0 Å². The molecule has 2 saturated heterocycles. The molecule has 7 nitrogen and oxygen atoms in total. The molecule has 1 aromatic carbocycles. The van der Waals surface area contributed by atoms with Gasteiger partial charge in [0.25, 0.3) is 0 Å². The molecule has 0 spiro atoms. The number of piperidine rings is 1. The molecule has 0 unspecified atom stereocenters. The van der Waals surface area contributed by atoms with E-state index in [0.29, 0.717) is 0 Å². The maximum Gasteiger partial charge on any atom is 0.223 e. The van der Waals surface area contributed by atoms with Crippen molar-refractivity contribution in [3.8, 4) is 11.5 Å². The molecular weight excluding hydrogens is 358 g/mol. The third kappa shape index (κ3) is 5.83. The number of hydrogen-bond acceptors (Lipinski definition) is 6. The molecule has 0 bridgehead atoms. The number of ether oxygens (including phenoxy) is 3. The first-order chi connectivity index (χ1) is 13.7. The second kappa shape index (κ2) is 10.6. The van der Waals surface area contributed by atoms with E-state index in [-0.39, 0.29) is 11.8 Å². The molecule has 2 heterocycles. The Labute approximate surface area is 167 Å². The van der Waals surface area contributed by atoms with Gasteiger partial charge in [0.2, 0.25) is 5.91 Å². The Balaban J connectivity index is 1.39. The van der Waals surface area contributed by atoms with Crippen LogP contribution in [0.25, 0.3) is 0 Å². The molecule has 2 fully saturated rings. The third-order valence-electron chi connectivity index (χ3n) is 5.68. The smallest absolute Gasteiger partial charge is 0.223 e. The zero-order valence-electron chi connectivity index (χ0n) is 17.1. The van der Waals surface area contributed by atoms with Crippen molar-refractivity contribution < 1.29 is 19.0 Å². The predicted octanol–water partition coefficient (Wildman–Crippen LogP) is 1.36. The molecule has 0 saturated carbocycles. The van der Waals surface area contributed by atoms with E-state index in [9.17, 15) is 4.79 Å². The van der Waals surface area contributed by atoms with Gasteiger partial charge in [-0.2, -0.15) is 0 Å². The topological polar surface area (TPSA) is 63.3 Å². The maximum atomic E-state index is 12.5. The molecule has 0 atom stereocenters. The summed E-state index contributed by atoms with van der Waals surface area (Å²) < 4.78 is 16.1. The van der Waals surface area contributed by atoms with Crippen LogP contribution in [0.15, 0.2) is 18.2 Å². The molecule has 0 aliphatic carbocycles. The quantitative estimate of drug-likeness (QED) is 0.722. The number of amides is 1. The van der Waals surface area contributed by atoms with E-state index in [4.69, 9.17) is 14.2 Å². The summed E-state index contributed by atoms with van der Waals surface area (Å²) >= 11 is 0. The number of benzene rings is 1. The highest BCUT2D eigenvalue weighted by Crippen LogP contribution is 2.27.